The van der Waals surface area contributed by atoms with Crippen LogP contribution in [-0.2, 0) is 12.8 Å². The lowest BCUT2D eigenvalue weighted by Gasteiger charge is -2.16. The largest absolute Gasteiger partial charge is 0.507 e. The highest BCUT2D eigenvalue weighted by Gasteiger charge is 2.34. The molecule has 3 nitrogen and oxygen atoms in total. The summed E-state index contributed by atoms with van der Waals surface area (Å²) in [5, 5.41) is 9.66. The number of carbonyl (C=O) groups is 1. The van der Waals surface area contributed by atoms with Crippen LogP contribution in [-0.4, -0.2) is 11.4 Å². The molecule has 0 saturated carbocycles. The van der Waals surface area contributed by atoms with Crippen LogP contribution in [0.1, 0.15) is 21.5 Å². The van der Waals surface area contributed by atoms with Crippen molar-refractivity contribution in [2.45, 2.75) is 12.8 Å². The molecule has 144 valence electrons. The molecular formula is C21H14F4O3. The monoisotopic (exact) mass is 390 g/mol. The van der Waals surface area contributed by atoms with Gasteiger partial charge in [0, 0.05) is 5.56 Å². The standard InChI is InChI=1S/C21H14F4O3/c22-19-4-2-1-3-17(19)16-8-7-15(10-18(16)21(23,24)25)28-12-13-5-6-14(11-26)20(27)9-13/h1-11,27H,12H2. The predicted molar refractivity (Wildman–Crippen MR) is 94.7 cm³/mol. The molecule has 0 bridgehead atoms. The van der Waals surface area contributed by atoms with Crippen LogP contribution in [0.25, 0.3) is 11.1 Å². The number of benzene rings is 3. The average molecular weight is 390 g/mol. The summed E-state index contributed by atoms with van der Waals surface area (Å²) in [5.41, 5.74) is -0.900. The lowest BCUT2D eigenvalue weighted by molar-refractivity contribution is -0.137. The Kier molecular flexibility index (Phi) is 5.35. The smallest absolute Gasteiger partial charge is 0.417 e. The van der Waals surface area contributed by atoms with Gasteiger partial charge in [-0.2, -0.15) is 13.2 Å². The molecule has 0 heterocycles. The predicted octanol–water partition coefficient (Wildman–Crippen LogP) is 5.61. The van der Waals surface area contributed by atoms with Crippen molar-refractivity contribution in [3.8, 4) is 22.6 Å². The molecule has 0 aliphatic heterocycles. The van der Waals surface area contributed by atoms with Crippen molar-refractivity contribution in [2.24, 2.45) is 0 Å². The number of phenolic OH excluding ortho intramolecular Hbond substituents is 1. The zero-order valence-electron chi connectivity index (χ0n) is 14.3. The number of hydrogen-bond acceptors (Lipinski definition) is 3. The molecule has 3 aromatic carbocycles. The molecule has 7 heteroatoms. The van der Waals surface area contributed by atoms with Gasteiger partial charge in [0.2, 0.25) is 0 Å². The van der Waals surface area contributed by atoms with Crippen LogP contribution >= 0.6 is 0 Å². The number of halogens is 4. The van der Waals surface area contributed by atoms with Crippen molar-refractivity contribution in [1.82, 2.24) is 0 Å². The van der Waals surface area contributed by atoms with Crippen molar-refractivity contribution in [3.05, 3.63) is 83.2 Å². The van der Waals surface area contributed by atoms with Crippen molar-refractivity contribution in [1.29, 1.82) is 0 Å². The Morgan fingerprint density at radius 2 is 1.71 bits per heavy atom. The van der Waals surface area contributed by atoms with Gasteiger partial charge in [-0.15, -0.1) is 0 Å². The molecular weight excluding hydrogens is 376 g/mol. The first-order chi connectivity index (χ1) is 13.3. The fraction of sp³-hybridized carbons (Fsp3) is 0.0952. The third-order valence-corrected chi connectivity index (χ3v) is 4.09. The molecule has 0 unspecified atom stereocenters. The van der Waals surface area contributed by atoms with Gasteiger partial charge < -0.3 is 9.84 Å². The Hall–Kier alpha value is -3.35. The molecule has 0 fully saturated rings. The Morgan fingerprint density at radius 1 is 0.964 bits per heavy atom. The van der Waals surface area contributed by atoms with E-state index in [1.807, 2.05) is 0 Å². The third-order valence-electron chi connectivity index (χ3n) is 4.09. The van der Waals surface area contributed by atoms with Crippen LogP contribution in [0.2, 0.25) is 0 Å². The highest BCUT2D eigenvalue weighted by atomic mass is 19.4. The van der Waals surface area contributed by atoms with E-state index in [4.69, 9.17) is 4.74 Å². The van der Waals surface area contributed by atoms with Gasteiger partial charge in [0.1, 0.15) is 23.9 Å². The van der Waals surface area contributed by atoms with Gasteiger partial charge in [0.05, 0.1) is 11.1 Å². The molecule has 0 aliphatic rings. The van der Waals surface area contributed by atoms with Gasteiger partial charge >= 0.3 is 6.18 Å². The maximum Gasteiger partial charge on any atom is 0.417 e. The van der Waals surface area contributed by atoms with E-state index in [9.17, 15) is 27.5 Å². The zero-order chi connectivity index (χ0) is 20.3. The molecule has 0 saturated heterocycles. The number of ether oxygens (including phenoxy) is 1. The summed E-state index contributed by atoms with van der Waals surface area (Å²) < 4.78 is 59.9. The minimum Gasteiger partial charge on any atom is -0.507 e. The fourth-order valence-corrected chi connectivity index (χ4v) is 2.71. The fourth-order valence-electron chi connectivity index (χ4n) is 2.71. The van der Waals surface area contributed by atoms with Crippen molar-refractivity contribution in [2.75, 3.05) is 0 Å². The molecule has 28 heavy (non-hydrogen) atoms. The van der Waals surface area contributed by atoms with Gasteiger partial charge in [-0.05, 0) is 47.5 Å². The summed E-state index contributed by atoms with van der Waals surface area (Å²) in [6, 6.07) is 12.7. The summed E-state index contributed by atoms with van der Waals surface area (Å²) >= 11 is 0. The minimum atomic E-state index is -4.71. The van der Waals surface area contributed by atoms with E-state index in [0.29, 0.717) is 11.8 Å². The molecule has 0 atom stereocenters. The normalized spacial score (nSPS) is 11.3. The van der Waals surface area contributed by atoms with Crippen LogP contribution in [0, 0.1) is 5.82 Å². The summed E-state index contributed by atoms with van der Waals surface area (Å²) in [6.07, 6.45) is -4.22. The number of alkyl halides is 3. The highest BCUT2D eigenvalue weighted by molar-refractivity contribution is 5.79. The number of rotatable bonds is 5. The number of aldehydes is 1. The first-order valence-corrected chi connectivity index (χ1v) is 8.15. The Labute approximate surface area is 157 Å². The Balaban J connectivity index is 1.90. The minimum absolute atomic E-state index is 0.0635. The molecule has 3 aromatic rings. The maximum absolute atomic E-state index is 14.0. The molecule has 0 spiro atoms. The van der Waals surface area contributed by atoms with Crippen LogP contribution in [0.3, 0.4) is 0 Å². The van der Waals surface area contributed by atoms with Gasteiger partial charge in [0.15, 0.2) is 6.29 Å². The van der Waals surface area contributed by atoms with E-state index in [-0.39, 0.29) is 34.8 Å². The quantitative estimate of drug-likeness (QED) is 0.455. The summed E-state index contributed by atoms with van der Waals surface area (Å²) in [5.74, 6) is -1.07. The molecule has 0 aromatic heterocycles. The third kappa shape index (κ3) is 4.14. The molecule has 3 rings (SSSR count). The van der Waals surface area contributed by atoms with Crippen molar-refractivity contribution >= 4 is 6.29 Å². The number of phenols is 1. The van der Waals surface area contributed by atoms with Gasteiger partial charge in [-0.25, -0.2) is 4.39 Å². The average Bonchev–Trinajstić information content (AvgIpc) is 2.66. The lowest BCUT2D eigenvalue weighted by Crippen LogP contribution is -2.08. The first kappa shape index (κ1) is 19.4. The van der Waals surface area contributed by atoms with E-state index in [0.717, 1.165) is 18.2 Å². The molecule has 1 N–H and O–H groups in total. The molecule has 0 aliphatic carbocycles. The van der Waals surface area contributed by atoms with E-state index >= 15 is 0 Å². The zero-order valence-corrected chi connectivity index (χ0v) is 14.3. The van der Waals surface area contributed by atoms with Crippen LogP contribution in [0.15, 0.2) is 60.7 Å². The van der Waals surface area contributed by atoms with Crippen molar-refractivity contribution < 1.29 is 32.2 Å². The number of aromatic hydroxyl groups is 1. The highest BCUT2D eigenvalue weighted by Crippen LogP contribution is 2.40. The summed E-state index contributed by atoms with van der Waals surface area (Å²) in [4.78, 5) is 10.7. The number of hydrogen-bond donors (Lipinski definition) is 1. The van der Waals surface area contributed by atoms with Gasteiger partial charge in [-0.1, -0.05) is 24.3 Å². The Morgan fingerprint density at radius 3 is 2.36 bits per heavy atom. The van der Waals surface area contributed by atoms with Crippen LogP contribution in [0.5, 0.6) is 11.5 Å². The molecule has 0 amide bonds. The number of carbonyl (C=O) groups excluding carboxylic acids is 1. The summed E-state index contributed by atoms with van der Waals surface area (Å²) in [7, 11) is 0. The second-order valence-electron chi connectivity index (χ2n) is 5.98. The second-order valence-corrected chi connectivity index (χ2v) is 5.98. The van der Waals surface area contributed by atoms with Gasteiger partial charge in [-0.3, -0.25) is 4.79 Å². The van der Waals surface area contributed by atoms with E-state index in [2.05, 4.69) is 0 Å². The second kappa shape index (κ2) is 7.72. The van der Waals surface area contributed by atoms with E-state index < -0.39 is 17.6 Å². The van der Waals surface area contributed by atoms with Crippen molar-refractivity contribution in [3.63, 3.8) is 0 Å². The topological polar surface area (TPSA) is 46.5 Å². The molecule has 0 radical (unpaired) electrons. The summed E-state index contributed by atoms with van der Waals surface area (Å²) in [6.45, 7) is -0.122. The maximum atomic E-state index is 14.0. The first-order valence-electron chi connectivity index (χ1n) is 8.15. The van der Waals surface area contributed by atoms with E-state index in [1.54, 1.807) is 0 Å². The lowest BCUT2D eigenvalue weighted by atomic mass is 9.98. The Bertz CT molecular complexity index is 1010. The van der Waals surface area contributed by atoms with E-state index in [1.165, 1.54) is 42.5 Å². The van der Waals surface area contributed by atoms with Gasteiger partial charge in [0.25, 0.3) is 0 Å². The van der Waals surface area contributed by atoms with Crippen LogP contribution in [0.4, 0.5) is 17.6 Å². The van der Waals surface area contributed by atoms with Crippen LogP contribution < -0.4 is 4.74 Å². The SMILES string of the molecule is O=Cc1ccc(COc2ccc(-c3ccccc3F)c(C(F)(F)F)c2)cc1O.